The number of rotatable bonds is 8. The molecule has 0 radical (unpaired) electrons. The fourth-order valence-corrected chi connectivity index (χ4v) is 6.31. The van der Waals surface area contributed by atoms with Crippen LogP contribution in [0.25, 0.3) is 28.5 Å². The smallest absolute Gasteiger partial charge is 0.361 e. The lowest BCUT2D eigenvalue weighted by Crippen LogP contribution is -2.17. The maximum Gasteiger partial charge on any atom is 0.361 e. The van der Waals surface area contributed by atoms with Crippen LogP contribution in [-0.4, -0.2) is 0 Å². The van der Waals surface area contributed by atoms with Gasteiger partial charge in [0.05, 0.1) is 23.4 Å². The van der Waals surface area contributed by atoms with E-state index in [1.54, 1.807) is 0 Å². The number of hydrogen-bond donors (Lipinski definition) is 0. The average molecular weight is 625 g/mol. The van der Waals surface area contributed by atoms with Gasteiger partial charge in [-0.1, -0.05) is 91.0 Å². The molecule has 48 heavy (non-hydrogen) atoms. The van der Waals surface area contributed by atoms with Crippen molar-refractivity contribution in [3.05, 3.63) is 204 Å². The summed E-state index contributed by atoms with van der Waals surface area (Å²) in [7, 11) is 0. The molecule has 7 rings (SSSR count). The molecule has 2 aliphatic rings. The van der Waals surface area contributed by atoms with Gasteiger partial charge in [0.1, 0.15) is 11.5 Å². The van der Waals surface area contributed by atoms with Crippen LogP contribution in [0.15, 0.2) is 202 Å². The molecule has 0 unspecified atom stereocenters. The summed E-state index contributed by atoms with van der Waals surface area (Å²) in [6.45, 7) is 4.10. The maximum absolute atomic E-state index is 6.55. The second-order valence-corrected chi connectivity index (χ2v) is 12.1. The van der Waals surface area contributed by atoms with Crippen LogP contribution in [0.5, 0.6) is 0 Å². The SMILES string of the molecule is CC1=C/C(=C/C=C2\CCC(/C=C\c3cc(-c4ccccc4)cc(-c4ccccc4)[o+]3)=C2N(c2ccccc2)c2ccccc2)OC(C)=C1. The number of ether oxygens (including phenoxy) is 1. The third-order valence-electron chi connectivity index (χ3n) is 8.48. The number of hydrogen-bond acceptors (Lipinski definition) is 2. The van der Waals surface area contributed by atoms with Crippen molar-refractivity contribution >= 4 is 17.5 Å². The zero-order chi connectivity index (χ0) is 32.7. The summed E-state index contributed by atoms with van der Waals surface area (Å²) in [5.41, 5.74) is 10.4. The molecule has 0 fully saturated rings. The van der Waals surface area contributed by atoms with Gasteiger partial charge in [0.15, 0.2) is 0 Å². The van der Waals surface area contributed by atoms with Gasteiger partial charge in [-0.05, 0) is 110 Å². The third kappa shape index (κ3) is 7.06. The van der Waals surface area contributed by atoms with E-state index in [2.05, 4.69) is 157 Å². The molecule has 0 atom stereocenters. The van der Waals surface area contributed by atoms with Gasteiger partial charge in [-0.3, -0.25) is 0 Å². The van der Waals surface area contributed by atoms with Gasteiger partial charge >= 0.3 is 11.5 Å². The molecule has 0 N–H and O–H groups in total. The van der Waals surface area contributed by atoms with Crippen LogP contribution in [0.3, 0.4) is 0 Å². The summed E-state index contributed by atoms with van der Waals surface area (Å²) in [6, 6.07) is 46.2. The lowest BCUT2D eigenvalue weighted by atomic mass is 10.0. The molecule has 0 amide bonds. The largest absolute Gasteiger partial charge is 0.462 e. The third-order valence-corrected chi connectivity index (χ3v) is 8.48. The van der Waals surface area contributed by atoms with Crippen molar-refractivity contribution in [1.82, 2.24) is 0 Å². The van der Waals surface area contributed by atoms with Crippen LogP contribution in [0.4, 0.5) is 11.4 Å². The van der Waals surface area contributed by atoms with E-state index in [1.165, 1.54) is 22.4 Å². The lowest BCUT2D eigenvalue weighted by Gasteiger charge is -2.28. The molecular weight excluding hydrogens is 587 g/mol. The van der Waals surface area contributed by atoms with Crippen molar-refractivity contribution in [3.63, 3.8) is 0 Å². The first kappa shape index (κ1) is 30.7. The van der Waals surface area contributed by atoms with Crippen molar-refractivity contribution in [1.29, 1.82) is 0 Å². The molecule has 1 aromatic heterocycles. The summed E-state index contributed by atoms with van der Waals surface area (Å²) in [5.74, 6) is 3.38. The van der Waals surface area contributed by atoms with Crippen molar-refractivity contribution in [2.45, 2.75) is 26.7 Å². The number of allylic oxidation sites excluding steroid dienone is 9. The molecular formula is C45H38NO2+. The summed E-state index contributed by atoms with van der Waals surface area (Å²) < 4.78 is 12.6. The number of anilines is 2. The van der Waals surface area contributed by atoms with E-state index in [-0.39, 0.29) is 0 Å². The first-order chi connectivity index (χ1) is 23.6. The first-order valence-electron chi connectivity index (χ1n) is 16.5. The van der Waals surface area contributed by atoms with E-state index in [4.69, 9.17) is 9.15 Å². The van der Waals surface area contributed by atoms with Crippen LogP contribution < -0.4 is 4.90 Å². The minimum absolute atomic E-state index is 0.797. The maximum atomic E-state index is 6.55. The fraction of sp³-hybridized carbons (Fsp3) is 0.0889. The van der Waals surface area contributed by atoms with E-state index in [9.17, 15) is 0 Å². The van der Waals surface area contributed by atoms with Crippen molar-refractivity contribution in [2.75, 3.05) is 4.90 Å². The monoisotopic (exact) mass is 624 g/mol. The Hall–Kier alpha value is -5.93. The zero-order valence-electron chi connectivity index (χ0n) is 27.3. The highest BCUT2D eigenvalue weighted by Gasteiger charge is 2.26. The van der Waals surface area contributed by atoms with Crippen LogP contribution in [0.2, 0.25) is 0 Å². The molecule has 4 aromatic carbocycles. The molecule has 3 nitrogen and oxygen atoms in total. The summed E-state index contributed by atoms with van der Waals surface area (Å²) >= 11 is 0. The molecule has 2 heterocycles. The van der Waals surface area contributed by atoms with Crippen LogP contribution >= 0.6 is 0 Å². The highest BCUT2D eigenvalue weighted by atomic mass is 16.5. The van der Waals surface area contributed by atoms with Crippen molar-refractivity contribution in [2.24, 2.45) is 0 Å². The Bertz CT molecular complexity index is 1990. The second-order valence-electron chi connectivity index (χ2n) is 12.1. The Morgan fingerprint density at radius 2 is 1.21 bits per heavy atom. The molecule has 0 spiro atoms. The molecule has 5 aromatic rings. The highest BCUT2D eigenvalue weighted by molar-refractivity contribution is 5.76. The van der Waals surface area contributed by atoms with E-state index < -0.39 is 0 Å². The molecule has 234 valence electrons. The standard InChI is InChI=1S/C45H38NO2/c1-33-29-34(2)47-42(30-33)27-25-37-23-24-38(45(37)46(40-19-11-5-12-20-40)41-21-13-6-14-22-41)26-28-43-31-39(35-15-7-3-8-16-35)32-44(48-43)36-17-9-4-10-18-36/h3-22,25-32H,23-24H2,1-2H3/q+1. The molecule has 3 heteroatoms. The fourth-order valence-electron chi connectivity index (χ4n) is 6.31. The van der Waals surface area contributed by atoms with Gasteiger partial charge in [-0.2, -0.15) is 0 Å². The van der Waals surface area contributed by atoms with Crippen molar-refractivity contribution < 1.29 is 9.15 Å². The van der Waals surface area contributed by atoms with E-state index in [0.29, 0.717) is 0 Å². The highest BCUT2D eigenvalue weighted by Crippen LogP contribution is 2.42. The van der Waals surface area contributed by atoms with Crippen LogP contribution in [-0.2, 0) is 4.74 Å². The van der Waals surface area contributed by atoms with Gasteiger partial charge in [0.2, 0.25) is 0 Å². The summed E-state index contributed by atoms with van der Waals surface area (Å²) in [6.07, 6.45) is 14.6. The summed E-state index contributed by atoms with van der Waals surface area (Å²) in [4.78, 5) is 2.37. The first-order valence-corrected chi connectivity index (χ1v) is 16.5. The van der Waals surface area contributed by atoms with Crippen LogP contribution in [0.1, 0.15) is 32.4 Å². The predicted molar refractivity (Wildman–Crippen MR) is 199 cm³/mol. The Kier molecular flexibility index (Phi) is 9.11. The quantitative estimate of drug-likeness (QED) is 0.161. The van der Waals surface area contributed by atoms with E-state index in [0.717, 1.165) is 63.9 Å². The minimum atomic E-state index is 0.797. The molecule has 0 saturated carbocycles. The molecule has 0 bridgehead atoms. The second kappa shape index (κ2) is 14.2. The van der Waals surface area contributed by atoms with Crippen LogP contribution in [0, 0.1) is 0 Å². The van der Waals surface area contributed by atoms with Gasteiger partial charge < -0.3 is 9.64 Å². The lowest BCUT2D eigenvalue weighted by molar-refractivity contribution is 0.317. The normalized spacial score (nSPS) is 16.3. The Morgan fingerprint density at radius 3 is 1.83 bits per heavy atom. The van der Waals surface area contributed by atoms with Gasteiger partial charge in [0, 0.05) is 23.0 Å². The predicted octanol–water partition coefficient (Wildman–Crippen LogP) is 12.5. The number of benzene rings is 4. The Balaban J connectivity index is 1.36. The number of para-hydroxylation sites is 2. The average Bonchev–Trinajstić information content (AvgIpc) is 3.53. The van der Waals surface area contributed by atoms with E-state index in [1.807, 2.05) is 31.2 Å². The minimum Gasteiger partial charge on any atom is -0.462 e. The number of nitrogens with zero attached hydrogens (tertiary/aromatic N) is 1. The molecule has 1 aliphatic heterocycles. The molecule has 0 saturated heterocycles. The van der Waals surface area contributed by atoms with Crippen molar-refractivity contribution in [3.8, 4) is 22.5 Å². The topological polar surface area (TPSA) is 23.8 Å². The van der Waals surface area contributed by atoms with Gasteiger partial charge in [-0.25, -0.2) is 4.42 Å². The van der Waals surface area contributed by atoms with Gasteiger partial charge in [-0.15, -0.1) is 0 Å². The van der Waals surface area contributed by atoms with E-state index >= 15 is 0 Å². The zero-order valence-corrected chi connectivity index (χ0v) is 27.3. The molecule has 1 aliphatic carbocycles. The Labute approximate surface area is 283 Å². The Morgan fingerprint density at radius 1 is 0.604 bits per heavy atom. The summed E-state index contributed by atoms with van der Waals surface area (Å²) in [5, 5.41) is 0. The van der Waals surface area contributed by atoms with Gasteiger partial charge in [0.25, 0.3) is 0 Å².